The monoisotopic (exact) mass is 256 g/mol. The first-order chi connectivity index (χ1) is 6.74. The molecule has 1 aromatic carbocycles. The molecule has 0 amide bonds. The molecule has 0 aliphatic carbocycles. The third-order valence-corrected chi connectivity index (χ3v) is 2.50. The molecule has 0 fully saturated rings. The van der Waals surface area contributed by atoms with Crippen molar-refractivity contribution in [1.29, 1.82) is 0 Å². The second-order valence-corrected chi connectivity index (χ2v) is 4.18. The van der Waals surface area contributed by atoms with Crippen LogP contribution in [0, 0.1) is 5.82 Å². The molecular weight excluding hydrogens is 247 g/mol. The molecule has 1 aliphatic heterocycles. The van der Waals surface area contributed by atoms with Crippen LogP contribution in [0.3, 0.4) is 0 Å². The van der Waals surface area contributed by atoms with Crippen LogP contribution < -0.4 is 5.43 Å². The van der Waals surface area contributed by atoms with E-state index in [9.17, 15) is 4.39 Å². The highest BCUT2D eigenvalue weighted by Crippen LogP contribution is 2.13. The molecule has 1 aliphatic rings. The molecule has 0 atom stereocenters. The van der Waals surface area contributed by atoms with Gasteiger partial charge in [0.05, 0.1) is 6.54 Å². The van der Waals surface area contributed by atoms with Crippen molar-refractivity contribution in [2.24, 2.45) is 0 Å². The summed E-state index contributed by atoms with van der Waals surface area (Å²) in [5, 5.41) is 1.97. The van der Waals surface area contributed by atoms with E-state index in [1.807, 2.05) is 11.2 Å². The molecular formula is C10H10BrFN2. The maximum absolute atomic E-state index is 12.6. The van der Waals surface area contributed by atoms with Gasteiger partial charge in [-0.2, -0.15) is 0 Å². The first-order valence-electron chi connectivity index (χ1n) is 4.35. The van der Waals surface area contributed by atoms with E-state index in [-0.39, 0.29) is 5.82 Å². The zero-order chi connectivity index (χ0) is 9.97. The van der Waals surface area contributed by atoms with Gasteiger partial charge >= 0.3 is 0 Å². The fraction of sp³-hybridized carbons (Fsp3) is 0.200. The molecule has 74 valence electrons. The Balaban J connectivity index is 2.01. The summed E-state index contributed by atoms with van der Waals surface area (Å²) in [6, 6.07) is 6.53. The molecule has 2 rings (SSSR count). The highest BCUT2D eigenvalue weighted by atomic mass is 79.9. The topological polar surface area (TPSA) is 15.3 Å². The van der Waals surface area contributed by atoms with Crippen LogP contribution in [-0.2, 0) is 6.54 Å². The molecule has 1 heterocycles. The van der Waals surface area contributed by atoms with Gasteiger partial charge in [-0.3, -0.25) is 0 Å². The van der Waals surface area contributed by atoms with Crippen molar-refractivity contribution in [2.75, 3.05) is 6.54 Å². The van der Waals surface area contributed by atoms with Crippen LogP contribution in [0.5, 0.6) is 0 Å². The molecule has 0 aromatic heterocycles. The van der Waals surface area contributed by atoms with E-state index < -0.39 is 0 Å². The number of halogens is 2. The lowest BCUT2D eigenvalue weighted by Crippen LogP contribution is -2.28. The Kier molecular flexibility index (Phi) is 2.84. The summed E-state index contributed by atoms with van der Waals surface area (Å²) in [5.41, 5.74) is 4.25. The maximum Gasteiger partial charge on any atom is 0.123 e. The first kappa shape index (κ1) is 9.68. The van der Waals surface area contributed by atoms with Crippen molar-refractivity contribution < 1.29 is 4.39 Å². The molecule has 0 saturated carbocycles. The van der Waals surface area contributed by atoms with E-state index in [4.69, 9.17) is 0 Å². The molecule has 4 heteroatoms. The van der Waals surface area contributed by atoms with Crippen LogP contribution in [0.25, 0.3) is 0 Å². The second kappa shape index (κ2) is 4.11. The summed E-state index contributed by atoms with van der Waals surface area (Å²) in [6.45, 7) is 1.57. The molecule has 0 unspecified atom stereocenters. The third kappa shape index (κ3) is 2.33. The summed E-state index contributed by atoms with van der Waals surface area (Å²) >= 11 is 3.40. The second-order valence-electron chi connectivity index (χ2n) is 3.17. The maximum atomic E-state index is 12.6. The van der Waals surface area contributed by atoms with Crippen LogP contribution >= 0.6 is 15.9 Å². The predicted octanol–water partition coefficient (Wildman–Crippen LogP) is 2.38. The molecule has 14 heavy (non-hydrogen) atoms. The predicted molar refractivity (Wildman–Crippen MR) is 57.0 cm³/mol. The Bertz CT molecular complexity index is 348. The van der Waals surface area contributed by atoms with Gasteiger partial charge in [-0.15, -0.1) is 0 Å². The summed E-state index contributed by atoms with van der Waals surface area (Å²) < 4.78 is 13.7. The number of hydrogen-bond donors (Lipinski definition) is 1. The molecule has 0 spiro atoms. The summed E-state index contributed by atoms with van der Waals surface area (Å²) in [4.78, 5) is 0. The lowest BCUT2D eigenvalue weighted by Gasteiger charge is -2.15. The minimum Gasteiger partial charge on any atom is -0.310 e. The van der Waals surface area contributed by atoms with Crippen molar-refractivity contribution >= 4 is 15.9 Å². The molecule has 2 nitrogen and oxygen atoms in total. The standard InChI is InChI=1S/C10H10BrFN2/c11-9-5-13-14(7-9)6-8-1-3-10(12)4-2-8/h1-4,7,13H,5-6H2. The first-order valence-corrected chi connectivity index (χ1v) is 5.14. The van der Waals surface area contributed by atoms with Crippen molar-refractivity contribution in [1.82, 2.24) is 10.4 Å². The largest absolute Gasteiger partial charge is 0.310 e. The summed E-state index contributed by atoms with van der Waals surface area (Å²) in [5.74, 6) is -0.195. The molecule has 1 aromatic rings. The van der Waals surface area contributed by atoms with Gasteiger partial charge in [-0.1, -0.05) is 28.1 Å². The lowest BCUT2D eigenvalue weighted by molar-refractivity contribution is 0.298. The Labute approximate surface area is 90.5 Å². The van der Waals surface area contributed by atoms with Crippen molar-refractivity contribution in [3.8, 4) is 0 Å². The van der Waals surface area contributed by atoms with E-state index >= 15 is 0 Å². The summed E-state index contributed by atoms with van der Waals surface area (Å²) in [7, 11) is 0. The van der Waals surface area contributed by atoms with Gasteiger partial charge in [0, 0.05) is 17.2 Å². The quantitative estimate of drug-likeness (QED) is 0.875. The zero-order valence-electron chi connectivity index (χ0n) is 7.50. The minimum atomic E-state index is -0.195. The summed E-state index contributed by atoms with van der Waals surface area (Å²) in [6.07, 6.45) is 1.99. The van der Waals surface area contributed by atoms with E-state index in [1.165, 1.54) is 12.1 Å². The Hall–Kier alpha value is -0.870. The lowest BCUT2D eigenvalue weighted by atomic mass is 10.2. The molecule has 0 saturated heterocycles. The zero-order valence-corrected chi connectivity index (χ0v) is 9.09. The van der Waals surface area contributed by atoms with Gasteiger partial charge in [0.25, 0.3) is 0 Å². The van der Waals surface area contributed by atoms with Crippen LogP contribution in [0.2, 0.25) is 0 Å². The highest BCUT2D eigenvalue weighted by molar-refractivity contribution is 9.11. The van der Waals surface area contributed by atoms with Crippen molar-refractivity contribution in [2.45, 2.75) is 6.54 Å². The number of hydrazine groups is 1. The third-order valence-electron chi connectivity index (χ3n) is 2.01. The van der Waals surface area contributed by atoms with Crippen LogP contribution in [-0.4, -0.2) is 11.6 Å². The number of benzene rings is 1. The highest BCUT2D eigenvalue weighted by Gasteiger charge is 2.09. The van der Waals surface area contributed by atoms with Gasteiger partial charge < -0.3 is 5.01 Å². The van der Waals surface area contributed by atoms with Gasteiger partial charge in [-0.25, -0.2) is 9.82 Å². The fourth-order valence-corrected chi connectivity index (χ4v) is 1.70. The SMILES string of the molecule is Fc1ccc(CN2C=C(Br)CN2)cc1. The normalized spacial score (nSPS) is 15.9. The van der Waals surface area contributed by atoms with E-state index in [0.29, 0.717) is 0 Å². The number of nitrogens with one attached hydrogen (secondary N) is 1. The fourth-order valence-electron chi connectivity index (χ4n) is 1.33. The Morgan fingerprint density at radius 3 is 2.64 bits per heavy atom. The number of hydrogen-bond acceptors (Lipinski definition) is 2. The average molecular weight is 257 g/mol. The average Bonchev–Trinajstić information content (AvgIpc) is 2.56. The van der Waals surface area contributed by atoms with Crippen molar-refractivity contribution in [3.63, 3.8) is 0 Å². The van der Waals surface area contributed by atoms with Crippen LogP contribution in [0.1, 0.15) is 5.56 Å². The van der Waals surface area contributed by atoms with Gasteiger partial charge in [0.2, 0.25) is 0 Å². The van der Waals surface area contributed by atoms with Crippen LogP contribution in [0.4, 0.5) is 4.39 Å². The molecule has 1 N–H and O–H groups in total. The number of nitrogens with zero attached hydrogens (tertiary/aromatic N) is 1. The van der Waals surface area contributed by atoms with Gasteiger partial charge in [0.15, 0.2) is 0 Å². The minimum absolute atomic E-state index is 0.195. The molecule has 0 radical (unpaired) electrons. The van der Waals surface area contributed by atoms with Crippen molar-refractivity contribution in [3.05, 3.63) is 46.3 Å². The Morgan fingerprint density at radius 2 is 2.07 bits per heavy atom. The van der Waals surface area contributed by atoms with E-state index in [1.54, 1.807) is 12.1 Å². The Morgan fingerprint density at radius 1 is 1.36 bits per heavy atom. The van der Waals surface area contributed by atoms with Crippen LogP contribution in [0.15, 0.2) is 34.9 Å². The smallest absolute Gasteiger partial charge is 0.123 e. The van der Waals surface area contributed by atoms with Gasteiger partial charge in [0.1, 0.15) is 5.82 Å². The molecule has 0 bridgehead atoms. The van der Waals surface area contributed by atoms with E-state index in [2.05, 4.69) is 21.4 Å². The van der Waals surface area contributed by atoms with E-state index in [0.717, 1.165) is 23.1 Å². The van der Waals surface area contributed by atoms with Gasteiger partial charge in [-0.05, 0) is 17.7 Å². The number of rotatable bonds is 2.